The van der Waals surface area contributed by atoms with E-state index in [1.54, 1.807) is 4.68 Å². The van der Waals surface area contributed by atoms with Crippen LogP contribution in [0.3, 0.4) is 0 Å². The van der Waals surface area contributed by atoms with E-state index >= 15 is 0 Å². The lowest BCUT2D eigenvalue weighted by atomic mass is 10.2. The summed E-state index contributed by atoms with van der Waals surface area (Å²) < 4.78 is 7.50. The van der Waals surface area contributed by atoms with Crippen molar-refractivity contribution in [1.29, 1.82) is 0 Å². The molecule has 3 heterocycles. The minimum atomic E-state index is -0.00893. The number of carbonyl (C=O) groups is 1. The van der Waals surface area contributed by atoms with E-state index < -0.39 is 0 Å². The molecule has 1 aliphatic heterocycles. The predicted octanol–water partition coefficient (Wildman–Crippen LogP) is 4.91. The molecule has 1 aliphatic rings. The molecule has 0 bridgehead atoms. The molecular weight excluding hydrogens is 424 g/mol. The van der Waals surface area contributed by atoms with Crippen molar-refractivity contribution < 1.29 is 9.21 Å². The second kappa shape index (κ2) is 9.93. The SMILES string of the molecule is Cc1ccc(-c2cc(C(=O)N3CCN(CC=Cc4ccccc4)CC3)n(-c3ccccc3)n2)o1. The zero-order valence-electron chi connectivity index (χ0n) is 19.3. The lowest BCUT2D eigenvalue weighted by Gasteiger charge is -2.34. The number of carbonyl (C=O) groups excluding carboxylic acids is 1. The van der Waals surface area contributed by atoms with E-state index in [0.717, 1.165) is 31.1 Å². The predicted molar refractivity (Wildman–Crippen MR) is 134 cm³/mol. The molecule has 1 amide bonds. The summed E-state index contributed by atoms with van der Waals surface area (Å²) in [6.45, 7) is 5.84. The van der Waals surface area contributed by atoms with Crippen LogP contribution in [0, 0.1) is 6.92 Å². The number of para-hydroxylation sites is 1. The molecule has 2 aromatic heterocycles. The smallest absolute Gasteiger partial charge is 0.272 e. The van der Waals surface area contributed by atoms with E-state index in [-0.39, 0.29) is 5.91 Å². The average Bonchev–Trinajstić information content (AvgIpc) is 3.52. The molecule has 34 heavy (non-hydrogen) atoms. The zero-order chi connectivity index (χ0) is 23.3. The largest absolute Gasteiger partial charge is 0.460 e. The van der Waals surface area contributed by atoms with E-state index in [1.807, 2.05) is 78.6 Å². The molecule has 5 rings (SSSR count). The fourth-order valence-electron chi connectivity index (χ4n) is 4.19. The van der Waals surface area contributed by atoms with Crippen LogP contribution in [0.25, 0.3) is 23.2 Å². The molecule has 4 aromatic rings. The number of piperazine rings is 1. The van der Waals surface area contributed by atoms with Crippen LogP contribution in [0.15, 0.2) is 89.4 Å². The molecular formula is C28H28N4O2. The third-order valence-corrected chi connectivity index (χ3v) is 6.06. The second-order valence-electron chi connectivity index (χ2n) is 8.48. The van der Waals surface area contributed by atoms with Crippen LogP contribution in [0.4, 0.5) is 0 Å². The van der Waals surface area contributed by atoms with Crippen LogP contribution < -0.4 is 0 Å². The number of aromatic nitrogens is 2. The molecule has 2 aromatic carbocycles. The highest BCUT2D eigenvalue weighted by Gasteiger charge is 2.26. The Balaban J connectivity index is 1.29. The van der Waals surface area contributed by atoms with Crippen LogP contribution in [0.5, 0.6) is 0 Å². The van der Waals surface area contributed by atoms with Crippen LogP contribution in [0.1, 0.15) is 21.8 Å². The maximum absolute atomic E-state index is 13.6. The van der Waals surface area contributed by atoms with Gasteiger partial charge in [0.2, 0.25) is 0 Å². The van der Waals surface area contributed by atoms with Gasteiger partial charge in [-0.15, -0.1) is 0 Å². The zero-order valence-corrected chi connectivity index (χ0v) is 19.3. The van der Waals surface area contributed by atoms with Gasteiger partial charge in [-0.25, -0.2) is 4.68 Å². The Kier molecular flexibility index (Phi) is 6.40. The lowest BCUT2D eigenvalue weighted by molar-refractivity contribution is 0.0641. The molecule has 0 spiro atoms. The topological polar surface area (TPSA) is 54.5 Å². The molecule has 0 aliphatic carbocycles. The van der Waals surface area contributed by atoms with Crippen molar-refractivity contribution in [1.82, 2.24) is 19.6 Å². The second-order valence-corrected chi connectivity index (χ2v) is 8.48. The minimum absolute atomic E-state index is 0.00893. The summed E-state index contributed by atoms with van der Waals surface area (Å²) in [5, 5.41) is 4.72. The Labute approximate surface area is 199 Å². The Morgan fingerprint density at radius 3 is 2.32 bits per heavy atom. The van der Waals surface area contributed by atoms with Crippen molar-refractivity contribution in [2.75, 3.05) is 32.7 Å². The van der Waals surface area contributed by atoms with Gasteiger partial charge >= 0.3 is 0 Å². The summed E-state index contributed by atoms with van der Waals surface area (Å²) in [4.78, 5) is 17.8. The first kappa shape index (κ1) is 21.9. The molecule has 1 saturated heterocycles. The highest BCUT2D eigenvalue weighted by molar-refractivity contribution is 5.94. The maximum Gasteiger partial charge on any atom is 0.272 e. The molecule has 0 atom stereocenters. The van der Waals surface area contributed by atoms with Gasteiger partial charge in [0.05, 0.1) is 5.69 Å². The summed E-state index contributed by atoms with van der Waals surface area (Å²) in [5.41, 5.74) is 3.26. The normalized spacial score (nSPS) is 14.7. The highest BCUT2D eigenvalue weighted by Crippen LogP contribution is 2.25. The van der Waals surface area contributed by atoms with Gasteiger partial charge in [0, 0.05) is 38.8 Å². The summed E-state index contributed by atoms with van der Waals surface area (Å²) >= 11 is 0. The average molecular weight is 453 g/mol. The summed E-state index contributed by atoms with van der Waals surface area (Å²) in [7, 11) is 0. The Bertz CT molecular complexity index is 1270. The molecule has 1 fully saturated rings. The quantitative estimate of drug-likeness (QED) is 0.417. The molecule has 6 heteroatoms. The number of hydrogen-bond donors (Lipinski definition) is 0. The van der Waals surface area contributed by atoms with Crippen LogP contribution in [0.2, 0.25) is 0 Å². The maximum atomic E-state index is 13.6. The van der Waals surface area contributed by atoms with Crippen molar-refractivity contribution in [3.05, 3.63) is 102 Å². The fourth-order valence-corrected chi connectivity index (χ4v) is 4.19. The van der Waals surface area contributed by atoms with E-state index in [2.05, 4.69) is 29.2 Å². The third kappa shape index (κ3) is 4.87. The summed E-state index contributed by atoms with van der Waals surface area (Å²) in [6, 6.07) is 25.7. The lowest BCUT2D eigenvalue weighted by Crippen LogP contribution is -2.49. The number of furan rings is 1. The molecule has 0 radical (unpaired) electrons. The van der Waals surface area contributed by atoms with Crippen LogP contribution in [-0.4, -0.2) is 58.2 Å². The van der Waals surface area contributed by atoms with Gasteiger partial charge in [-0.3, -0.25) is 9.69 Å². The van der Waals surface area contributed by atoms with Crippen molar-refractivity contribution in [3.8, 4) is 17.1 Å². The number of benzene rings is 2. The molecule has 0 unspecified atom stereocenters. The summed E-state index contributed by atoms with van der Waals surface area (Å²) in [6.07, 6.45) is 4.34. The Morgan fingerprint density at radius 1 is 0.941 bits per heavy atom. The van der Waals surface area contributed by atoms with Gasteiger partial charge in [-0.05, 0) is 36.8 Å². The third-order valence-electron chi connectivity index (χ3n) is 6.06. The van der Waals surface area contributed by atoms with Crippen molar-refractivity contribution in [3.63, 3.8) is 0 Å². The van der Waals surface area contributed by atoms with Gasteiger partial charge in [0.1, 0.15) is 17.1 Å². The van der Waals surface area contributed by atoms with Crippen molar-refractivity contribution in [2.45, 2.75) is 6.92 Å². The van der Waals surface area contributed by atoms with E-state index in [0.29, 0.717) is 30.2 Å². The van der Waals surface area contributed by atoms with Gasteiger partial charge in [0.15, 0.2) is 5.76 Å². The molecule has 172 valence electrons. The highest BCUT2D eigenvalue weighted by atomic mass is 16.3. The summed E-state index contributed by atoms with van der Waals surface area (Å²) in [5.74, 6) is 1.47. The van der Waals surface area contributed by atoms with E-state index in [9.17, 15) is 4.79 Å². The van der Waals surface area contributed by atoms with Gasteiger partial charge in [-0.2, -0.15) is 5.10 Å². The fraction of sp³-hybridized carbons (Fsp3) is 0.214. The Hall–Kier alpha value is -3.90. The van der Waals surface area contributed by atoms with Crippen molar-refractivity contribution >= 4 is 12.0 Å². The number of nitrogens with zero attached hydrogens (tertiary/aromatic N) is 4. The Morgan fingerprint density at radius 2 is 1.65 bits per heavy atom. The van der Waals surface area contributed by atoms with Crippen LogP contribution in [-0.2, 0) is 0 Å². The number of aryl methyl sites for hydroxylation is 1. The van der Waals surface area contributed by atoms with Crippen LogP contribution >= 0.6 is 0 Å². The van der Waals surface area contributed by atoms with Gasteiger partial charge in [-0.1, -0.05) is 60.7 Å². The first-order valence-corrected chi connectivity index (χ1v) is 11.6. The number of hydrogen-bond acceptors (Lipinski definition) is 4. The molecule has 0 saturated carbocycles. The van der Waals surface area contributed by atoms with Gasteiger partial charge < -0.3 is 9.32 Å². The van der Waals surface area contributed by atoms with E-state index in [4.69, 9.17) is 9.52 Å². The molecule has 6 nitrogen and oxygen atoms in total. The van der Waals surface area contributed by atoms with Gasteiger partial charge in [0.25, 0.3) is 5.91 Å². The monoisotopic (exact) mass is 452 g/mol. The first-order chi connectivity index (χ1) is 16.7. The van der Waals surface area contributed by atoms with Crippen molar-refractivity contribution in [2.24, 2.45) is 0 Å². The number of amides is 1. The standard InChI is InChI=1S/C28H28N4O2/c1-22-14-15-27(34-22)25-21-26(32(29-25)24-12-6-3-7-13-24)28(33)31-19-17-30(18-20-31)16-8-11-23-9-4-2-5-10-23/h2-15,21H,16-20H2,1H3. The number of rotatable bonds is 6. The first-order valence-electron chi connectivity index (χ1n) is 11.6. The molecule has 0 N–H and O–H groups in total. The van der Waals surface area contributed by atoms with E-state index in [1.165, 1.54) is 5.56 Å². The minimum Gasteiger partial charge on any atom is -0.460 e.